The lowest BCUT2D eigenvalue weighted by Crippen LogP contribution is -2.11. The molecule has 0 aromatic heterocycles. The first kappa shape index (κ1) is 12.0. The van der Waals surface area contributed by atoms with Gasteiger partial charge in [-0.3, -0.25) is 4.79 Å². The molecule has 0 bridgehead atoms. The quantitative estimate of drug-likeness (QED) is 0.728. The van der Waals surface area contributed by atoms with Gasteiger partial charge in [0.05, 0.1) is 11.4 Å². The van der Waals surface area contributed by atoms with E-state index in [1.54, 1.807) is 12.1 Å². The van der Waals surface area contributed by atoms with E-state index >= 15 is 0 Å². The SMILES string of the molecule is O=C(CCC(F)(F)F)c1ccccc1Cl. The van der Waals surface area contributed by atoms with Crippen LogP contribution in [-0.4, -0.2) is 12.0 Å². The number of rotatable bonds is 3. The van der Waals surface area contributed by atoms with Gasteiger partial charge in [0.2, 0.25) is 0 Å². The van der Waals surface area contributed by atoms with Gasteiger partial charge in [-0.2, -0.15) is 13.2 Å². The van der Waals surface area contributed by atoms with Gasteiger partial charge in [-0.05, 0) is 12.1 Å². The average molecular weight is 237 g/mol. The second-order valence-corrected chi connectivity index (χ2v) is 3.43. The summed E-state index contributed by atoms with van der Waals surface area (Å²) in [7, 11) is 0. The molecule has 0 radical (unpaired) electrons. The van der Waals surface area contributed by atoms with Gasteiger partial charge in [0.1, 0.15) is 0 Å². The van der Waals surface area contributed by atoms with Crippen LogP contribution in [0.3, 0.4) is 0 Å². The number of benzene rings is 1. The van der Waals surface area contributed by atoms with E-state index in [0.717, 1.165) is 0 Å². The van der Waals surface area contributed by atoms with Gasteiger partial charge in [0.15, 0.2) is 5.78 Å². The summed E-state index contributed by atoms with van der Waals surface area (Å²) < 4.78 is 35.5. The van der Waals surface area contributed by atoms with Gasteiger partial charge in [0.25, 0.3) is 0 Å². The Morgan fingerprint density at radius 3 is 2.40 bits per heavy atom. The van der Waals surface area contributed by atoms with E-state index in [1.807, 2.05) is 0 Å². The number of Topliss-reactive ketones (excluding diaryl/α,β-unsaturated/α-hetero) is 1. The molecule has 0 aliphatic heterocycles. The van der Waals surface area contributed by atoms with Crippen molar-refractivity contribution < 1.29 is 18.0 Å². The van der Waals surface area contributed by atoms with E-state index < -0.39 is 24.8 Å². The van der Waals surface area contributed by atoms with Crippen LogP contribution in [0.25, 0.3) is 0 Å². The number of halogens is 4. The standard InChI is InChI=1S/C10H8ClF3O/c11-8-4-2-1-3-7(8)9(15)5-6-10(12,13)14/h1-4H,5-6H2. The average Bonchev–Trinajstić information content (AvgIpc) is 2.14. The minimum Gasteiger partial charge on any atom is -0.294 e. The maximum Gasteiger partial charge on any atom is 0.389 e. The Bertz CT molecular complexity index is 360. The van der Waals surface area contributed by atoms with E-state index in [4.69, 9.17) is 11.6 Å². The number of alkyl halides is 3. The zero-order valence-electron chi connectivity index (χ0n) is 7.64. The van der Waals surface area contributed by atoms with Gasteiger partial charge in [-0.15, -0.1) is 0 Å². The van der Waals surface area contributed by atoms with Crippen molar-refractivity contribution in [3.63, 3.8) is 0 Å². The normalized spacial score (nSPS) is 11.5. The van der Waals surface area contributed by atoms with E-state index in [2.05, 4.69) is 0 Å². The maximum absolute atomic E-state index is 11.8. The largest absolute Gasteiger partial charge is 0.389 e. The van der Waals surface area contributed by atoms with Crippen LogP contribution in [0.1, 0.15) is 23.2 Å². The zero-order chi connectivity index (χ0) is 11.5. The van der Waals surface area contributed by atoms with Crippen molar-refractivity contribution in [3.8, 4) is 0 Å². The Balaban J connectivity index is 2.66. The molecule has 0 N–H and O–H groups in total. The molecule has 0 saturated heterocycles. The van der Waals surface area contributed by atoms with Crippen molar-refractivity contribution in [2.75, 3.05) is 0 Å². The molecule has 0 heterocycles. The van der Waals surface area contributed by atoms with E-state index in [-0.39, 0.29) is 10.6 Å². The van der Waals surface area contributed by atoms with Crippen molar-refractivity contribution in [3.05, 3.63) is 34.9 Å². The summed E-state index contributed by atoms with van der Waals surface area (Å²) in [6, 6.07) is 6.07. The third kappa shape index (κ3) is 3.91. The van der Waals surface area contributed by atoms with Crippen molar-refractivity contribution in [1.29, 1.82) is 0 Å². The molecule has 0 aliphatic carbocycles. The minimum atomic E-state index is -4.31. The van der Waals surface area contributed by atoms with Gasteiger partial charge < -0.3 is 0 Å². The highest BCUT2D eigenvalue weighted by atomic mass is 35.5. The summed E-state index contributed by atoms with van der Waals surface area (Å²) in [6.45, 7) is 0. The van der Waals surface area contributed by atoms with Gasteiger partial charge in [-0.25, -0.2) is 0 Å². The molecule has 0 saturated carbocycles. The Kier molecular flexibility index (Phi) is 3.74. The number of hydrogen-bond donors (Lipinski definition) is 0. The zero-order valence-corrected chi connectivity index (χ0v) is 8.40. The predicted octanol–water partition coefficient (Wildman–Crippen LogP) is 3.87. The molecule has 0 aliphatic rings. The fourth-order valence-electron chi connectivity index (χ4n) is 1.08. The Hall–Kier alpha value is -1.03. The van der Waals surface area contributed by atoms with Gasteiger partial charge >= 0.3 is 6.18 Å². The molecule has 15 heavy (non-hydrogen) atoms. The fourth-order valence-corrected chi connectivity index (χ4v) is 1.32. The minimum absolute atomic E-state index is 0.142. The van der Waals surface area contributed by atoms with Crippen LogP contribution in [0, 0.1) is 0 Å². The first-order valence-electron chi connectivity index (χ1n) is 4.24. The molecule has 1 aromatic rings. The lowest BCUT2D eigenvalue weighted by molar-refractivity contribution is -0.133. The third-order valence-electron chi connectivity index (χ3n) is 1.81. The molecule has 5 heteroatoms. The summed E-state index contributed by atoms with van der Waals surface area (Å²) in [4.78, 5) is 11.3. The van der Waals surface area contributed by atoms with E-state index in [1.165, 1.54) is 12.1 Å². The van der Waals surface area contributed by atoms with E-state index in [9.17, 15) is 18.0 Å². The molecule has 0 atom stereocenters. The second-order valence-electron chi connectivity index (χ2n) is 3.02. The van der Waals surface area contributed by atoms with Crippen molar-refractivity contribution >= 4 is 17.4 Å². The maximum atomic E-state index is 11.8. The molecule has 82 valence electrons. The summed E-state index contributed by atoms with van der Waals surface area (Å²) in [5.41, 5.74) is 0.142. The Morgan fingerprint density at radius 1 is 1.27 bits per heavy atom. The van der Waals surface area contributed by atoms with Crippen LogP contribution in [0.5, 0.6) is 0 Å². The Labute approximate surface area is 89.9 Å². The monoisotopic (exact) mass is 236 g/mol. The van der Waals surface area contributed by atoms with Crippen LogP contribution in [0.2, 0.25) is 5.02 Å². The number of carbonyl (C=O) groups is 1. The summed E-state index contributed by atoms with van der Waals surface area (Å²) in [5.74, 6) is -0.585. The second kappa shape index (κ2) is 4.66. The van der Waals surface area contributed by atoms with Crippen LogP contribution >= 0.6 is 11.6 Å². The highest BCUT2D eigenvalue weighted by molar-refractivity contribution is 6.33. The molecule has 0 amide bonds. The molecule has 0 unspecified atom stereocenters. The van der Waals surface area contributed by atoms with Gasteiger partial charge in [-0.1, -0.05) is 23.7 Å². The molecule has 1 aromatic carbocycles. The Morgan fingerprint density at radius 2 is 1.87 bits per heavy atom. The molecular formula is C10H8ClF3O. The molecule has 1 nitrogen and oxygen atoms in total. The van der Waals surface area contributed by atoms with E-state index in [0.29, 0.717) is 0 Å². The van der Waals surface area contributed by atoms with Crippen LogP contribution in [0.4, 0.5) is 13.2 Å². The first-order valence-corrected chi connectivity index (χ1v) is 4.62. The van der Waals surface area contributed by atoms with Gasteiger partial charge in [0, 0.05) is 12.0 Å². The lowest BCUT2D eigenvalue weighted by atomic mass is 10.1. The van der Waals surface area contributed by atoms with Crippen LogP contribution < -0.4 is 0 Å². The molecular weight excluding hydrogens is 229 g/mol. The molecule has 1 rings (SSSR count). The summed E-state index contributed by atoms with van der Waals surface area (Å²) in [6.07, 6.45) is -5.98. The summed E-state index contributed by atoms with van der Waals surface area (Å²) >= 11 is 5.67. The van der Waals surface area contributed by atoms with Crippen molar-refractivity contribution in [2.45, 2.75) is 19.0 Å². The molecule has 0 fully saturated rings. The van der Waals surface area contributed by atoms with Crippen molar-refractivity contribution in [1.82, 2.24) is 0 Å². The number of carbonyl (C=O) groups excluding carboxylic acids is 1. The highest BCUT2D eigenvalue weighted by Crippen LogP contribution is 2.24. The van der Waals surface area contributed by atoms with Crippen LogP contribution in [-0.2, 0) is 0 Å². The van der Waals surface area contributed by atoms with Crippen LogP contribution in [0.15, 0.2) is 24.3 Å². The summed E-state index contributed by atoms with van der Waals surface area (Å²) in [5, 5.41) is 0.185. The topological polar surface area (TPSA) is 17.1 Å². The first-order chi connectivity index (χ1) is 6.90. The molecule has 0 spiro atoms. The lowest BCUT2D eigenvalue weighted by Gasteiger charge is -2.06. The number of ketones is 1. The highest BCUT2D eigenvalue weighted by Gasteiger charge is 2.28. The third-order valence-corrected chi connectivity index (χ3v) is 2.14. The predicted molar refractivity (Wildman–Crippen MR) is 51.1 cm³/mol. The number of hydrogen-bond acceptors (Lipinski definition) is 1. The van der Waals surface area contributed by atoms with Crippen molar-refractivity contribution in [2.24, 2.45) is 0 Å². The smallest absolute Gasteiger partial charge is 0.294 e. The fraction of sp³-hybridized carbons (Fsp3) is 0.300.